The Bertz CT molecular complexity index is 1010. The molecule has 1 amide bonds. The van der Waals surface area contributed by atoms with Gasteiger partial charge in [-0.15, -0.1) is 0 Å². The van der Waals surface area contributed by atoms with Crippen LogP contribution in [-0.2, 0) is 21.9 Å². The zero-order chi connectivity index (χ0) is 24.1. The lowest BCUT2D eigenvalue weighted by molar-refractivity contribution is -0.142. The van der Waals surface area contributed by atoms with Crippen LogP contribution in [0.15, 0.2) is 48.5 Å². The molecule has 0 aliphatic heterocycles. The summed E-state index contributed by atoms with van der Waals surface area (Å²) in [7, 11) is 0.941. The van der Waals surface area contributed by atoms with Crippen molar-refractivity contribution < 1.29 is 45.5 Å². The van der Waals surface area contributed by atoms with Crippen molar-refractivity contribution in [3.05, 3.63) is 70.8 Å². The minimum atomic E-state index is -4.85. The van der Waals surface area contributed by atoms with E-state index in [9.17, 15) is 40.7 Å². The average Bonchev–Trinajstić information content (AvgIpc) is 2.74. The summed E-state index contributed by atoms with van der Waals surface area (Å²) in [6, 6.07) is 6.20. The minimum absolute atomic E-state index is 0.282. The van der Waals surface area contributed by atoms with Crippen LogP contribution in [-0.4, -0.2) is 35.9 Å². The molecule has 5 nitrogen and oxygen atoms in total. The van der Waals surface area contributed by atoms with Gasteiger partial charge in [0.05, 0.1) is 23.8 Å². The molecule has 0 heterocycles. The summed E-state index contributed by atoms with van der Waals surface area (Å²) >= 11 is 0.282. The SMILES string of the molecule is COC(=O)C(CSC(=O)c1ccccc1C(F)(F)F)NC(=O)c1ccccc1C(F)(F)F. The van der Waals surface area contributed by atoms with Gasteiger partial charge in [-0.3, -0.25) is 9.59 Å². The molecule has 1 atom stereocenters. The van der Waals surface area contributed by atoms with Crippen molar-refractivity contribution in [2.75, 3.05) is 12.9 Å². The Balaban J connectivity index is 2.21. The number of hydrogen-bond acceptors (Lipinski definition) is 5. The summed E-state index contributed by atoms with van der Waals surface area (Å²) in [6.07, 6.45) is -9.65. The van der Waals surface area contributed by atoms with E-state index in [1.165, 1.54) is 12.1 Å². The van der Waals surface area contributed by atoms with Crippen LogP contribution in [0.5, 0.6) is 0 Å². The second-order valence-corrected chi connectivity index (χ2v) is 7.23. The molecular formula is C20H15F6NO4S. The van der Waals surface area contributed by atoms with Gasteiger partial charge in [0, 0.05) is 11.3 Å². The van der Waals surface area contributed by atoms with Gasteiger partial charge in [-0.05, 0) is 24.3 Å². The first-order valence-electron chi connectivity index (χ1n) is 8.74. The van der Waals surface area contributed by atoms with Gasteiger partial charge in [0.25, 0.3) is 5.91 Å². The predicted molar refractivity (Wildman–Crippen MR) is 103 cm³/mol. The molecule has 0 aliphatic rings. The molecule has 2 aromatic rings. The van der Waals surface area contributed by atoms with Crippen molar-refractivity contribution >= 4 is 28.8 Å². The highest BCUT2D eigenvalue weighted by atomic mass is 32.2. The normalized spacial score (nSPS) is 12.7. The summed E-state index contributed by atoms with van der Waals surface area (Å²) < 4.78 is 83.2. The zero-order valence-corrected chi connectivity index (χ0v) is 17.0. The fraction of sp³-hybridized carbons (Fsp3) is 0.250. The number of thioether (sulfide) groups is 1. The number of amides is 1. The molecule has 32 heavy (non-hydrogen) atoms. The van der Waals surface area contributed by atoms with Crippen molar-refractivity contribution in [1.29, 1.82) is 0 Å². The largest absolute Gasteiger partial charge is 0.467 e. The molecule has 0 radical (unpaired) electrons. The van der Waals surface area contributed by atoms with Crippen molar-refractivity contribution in [1.82, 2.24) is 5.32 Å². The summed E-state index contributed by atoms with van der Waals surface area (Å²) in [5.74, 6) is -2.93. The number of nitrogens with one attached hydrogen (secondary N) is 1. The smallest absolute Gasteiger partial charge is 0.417 e. The highest BCUT2D eigenvalue weighted by Crippen LogP contribution is 2.34. The molecule has 0 fully saturated rings. The van der Waals surface area contributed by atoms with Crippen LogP contribution in [0.2, 0.25) is 0 Å². The Morgan fingerprint density at radius 1 is 0.875 bits per heavy atom. The van der Waals surface area contributed by atoms with E-state index in [1.807, 2.05) is 5.32 Å². The van der Waals surface area contributed by atoms with Gasteiger partial charge in [-0.2, -0.15) is 26.3 Å². The van der Waals surface area contributed by atoms with Crippen molar-refractivity contribution in [2.24, 2.45) is 0 Å². The fourth-order valence-corrected chi connectivity index (χ4v) is 3.49. The number of hydrogen-bond donors (Lipinski definition) is 1. The number of ether oxygens (including phenoxy) is 1. The highest BCUT2D eigenvalue weighted by Gasteiger charge is 2.37. The van der Waals surface area contributed by atoms with Crippen LogP contribution in [0.4, 0.5) is 26.3 Å². The molecule has 12 heteroatoms. The molecule has 0 spiro atoms. The van der Waals surface area contributed by atoms with Crippen molar-refractivity contribution in [3.8, 4) is 0 Å². The number of benzene rings is 2. The van der Waals surface area contributed by atoms with E-state index < -0.39 is 63.4 Å². The summed E-state index contributed by atoms with van der Waals surface area (Å²) in [4.78, 5) is 36.7. The number of alkyl halides is 6. The Kier molecular flexibility index (Phi) is 7.94. The van der Waals surface area contributed by atoms with Crippen molar-refractivity contribution in [3.63, 3.8) is 0 Å². The maximum Gasteiger partial charge on any atom is 0.417 e. The summed E-state index contributed by atoms with van der Waals surface area (Å²) in [6.45, 7) is 0. The Labute approximate surface area is 182 Å². The van der Waals surface area contributed by atoms with E-state index >= 15 is 0 Å². The number of carbonyl (C=O) groups is 3. The maximum absolute atomic E-state index is 13.1. The number of halogens is 6. The molecule has 1 unspecified atom stereocenters. The minimum Gasteiger partial charge on any atom is -0.467 e. The van der Waals surface area contributed by atoms with Gasteiger partial charge in [0.1, 0.15) is 6.04 Å². The van der Waals surface area contributed by atoms with E-state index in [-0.39, 0.29) is 11.8 Å². The fourth-order valence-electron chi connectivity index (χ4n) is 2.62. The third-order valence-corrected chi connectivity index (χ3v) is 5.08. The van der Waals surface area contributed by atoms with Gasteiger partial charge >= 0.3 is 18.3 Å². The Morgan fingerprint density at radius 2 is 1.34 bits per heavy atom. The summed E-state index contributed by atoms with van der Waals surface area (Å²) in [5, 5.41) is 0.995. The number of rotatable bonds is 6. The first kappa shape index (κ1) is 25.2. The Morgan fingerprint density at radius 3 is 1.84 bits per heavy atom. The van der Waals surface area contributed by atoms with Crippen LogP contribution in [0.1, 0.15) is 31.8 Å². The van der Waals surface area contributed by atoms with Gasteiger partial charge in [-0.25, -0.2) is 4.79 Å². The van der Waals surface area contributed by atoms with Gasteiger partial charge in [0.15, 0.2) is 0 Å². The van der Waals surface area contributed by atoms with Crippen LogP contribution in [0.3, 0.4) is 0 Å². The van der Waals surface area contributed by atoms with E-state index in [2.05, 4.69) is 4.74 Å². The van der Waals surface area contributed by atoms with E-state index in [0.717, 1.165) is 31.4 Å². The average molecular weight is 479 g/mol. The molecule has 1 N–H and O–H groups in total. The van der Waals surface area contributed by atoms with Gasteiger partial charge in [-0.1, -0.05) is 36.0 Å². The van der Waals surface area contributed by atoms with Crippen LogP contribution in [0.25, 0.3) is 0 Å². The summed E-state index contributed by atoms with van der Waals surface area (Å²) in [5.41, 5.74) is -3.87. The van der Waals surface area contributed by atoms with Gasteiger partial charge in [0.2, 0.25) is 5.12 Å². The molecule has 0 aliphatic carbocycles. The zero-order valence-electron chi connectivity index (χ0n) is 16.2. The predicted octanol–water partition coefficient (Wildman–Crippen LogP) is 4.57. The van der Waals surface area contributed by atoms with E-state index in [4.69, 9.17) is 0 Å². The molecule has 0 bridgehead atoms. The quantitative estimate of drug-likeness (QED) is 0.486. The second-order valence-electron chi connectivity index (χ2n) is 6.23. The number of carbonyl (C=O) groups excluding carboxylic acids is 3. The molecule has 0 saturated heterocycles. The molecule has 0 saturated carbocycles. The van der Waals surface area contributed by atoms with Crippen molar-refractivity contribution in [2.45, 2.75) is 18.4 Å². The molecule has 0 aromatic heterocycles. The van der Waals surface area contributed by atoms with E-state index in [1.54, 1.807) is 0 Å². The first-order chi connectivity index (χ1) is 14.9. The molecular weight excluding hydrogens is 464 g/mol. The van der Waals surface area contributed by atoms with Crippen LogP contribution < -0.4 is 5.32 Å². The maximum atomic E-state index is 13.1. The number of esters is 1. The highest BCUT2D eigenvalue weighted by molar-refractivity contribution is 8.14. The lowest BCUT2D eigenvalue weighted by Crippen LogP contribution is -2.44. The molecule has 2 aromatic carbocycles. The first-order valence-corrected chi connectivity index (χ1v) is 9.73. The third-order valence-electron chi connectivity index (χ3n) is 4.10. The lowest BCUT2D eigenvalue weighted by atomic mass is 10.1. The van der Waals surface area contributed by atoms with Crippen LogP contribution in [0, 0.1) is 0 Å². The van der Waals surface area contributed by atoms with E-state index in [0.29, 0.717) is 12.1 Å². The third kappa shape index (κ3) is 6.25. The standard InChI is InChI=1S/C20H15F6NO4S/c1-31-17(29)15(27-16(28)11-6-2-4-8-13(11)19(21,22)23)10-32-18(30)12-7-3-5-9-14(12)20(24,25)26/h2-9,15H,10H2,1H3,(H,27,28). The Hall–Kier alpha value is -3.02. The van der Waals surface area contributed by atoms with Crippen LogP contribution >= 0.6 is 11.8 Å². The molecule has 2 rings (SSSR count). The topological polar surface area (TPSA) is 72.5 Å². The second kappa shape index (κ2) is 10.1. The lowest BCUT2D eigenvalue weighted by Gasteiger charge is -2.18. The van der Waals surface area contributed by atoms with Gasteiger partial charge < -0.3 is 10.1 Å². The molecule has 172 valence electrons. The number of methoxy groups -OCH3 is 1. The monoisotopic (exact) mass is 479 g/mol.